The van der Waals surface area contributed by atoms with Gasteiger partial charge in [-0.2, -0.15) is 0 Å². The van der Waals surface area contributed by atoms with Crippen molar-refractivity contribution in [2.45, 2.75) is 23.8 Å². The topological polar surface area (TPSA) is 103 Å². The van der Waals surface area contributed by atoms with Crippen LogP contribution in [0.4, 0.5) is 0 Å². The summed E-state index contributed by atoms with van der Waals surface area (Å²) in [5.41, 5.74) is 1.80. The van der Waals surface area contributed by atoms with Gasteiger partial charge in [0.25, 0.3) is 0 Å². The number of methoxy groups -OCH3 is 1. The van der Waals surface area contributed by atoms with Crippen LogP contribution in [0.15, 0.2) is 77.7 Å². The van der Waals surface area contributed by atoms with E-state index in [2.05, 4.69) is 10.0 Å². The predicted octanol–water partition coefficient (Wildman–Crippen LogP) is 3.43. The molecule has 184 valence electrons. The molecule has 0 saturated carbocycles. The lowest BCUT2D eigenvalue weighted by Crippen LogP contribution is -2.33. The van der Waals surface area contributed by atoms with Gasteiger partial charge in [0, 0.05) is 25.5 Å². The minimum atomic E-state index is -3.82. The molecule has 4 rings (SSSR count). The fourth-order valence-corrected chi connectivity index (χ4v) is 4.77. The summed E-state index contributed by atoms with van der Waals surface area (Å²) in [6, 6.07) is 21.1. The average molecular weight is 497 g/mol. The van der Waals surface area contributed by atoms with Crippen molar-refractivity contribution < 1.29 is 27.4 Å². The van der Waals surface area contributed by atoms with Crippen LogP contribution in [-0.2, 0) is 14.8 Å². The van der Waals surface area contributed by atoms with E-state index in [9.17, 15) is 13.2 Å². The van der Waals surface area contributed by atoms with Crippen LogP contribution >= 0.6 is 0 Å². The number of fused-ring (bicyclic) bond motifs is 1. The molecule has 9 heteroatoms. The van der Waals surface area contributed by atoms with Crippen molar-refractivity contribution in [2.24, 2.45) is 0 Å². The third-order valence-electron chi connectivity index (χ3n) is 5.56. The third kappa shape index (κ3) is 6.32. The van der Waals surface area contributed by atoms with Crippen LogP contribution in [-0.4, -0.2) is 41.2 Å². The van der Waals surface area contributed by atoms with Gasteiger partial charge in [-0.3, -0.25) is 4.79 Å². The van der Waals surface area contributed by atoms with Crippen molar-refractivity contribution in [1.29, 1.82) is 0 Å². The predicted molar refractivity (Wildman–Crippen MR) is 131 cm³/mol. The van der Waals surface area contributed by atoms with Gasteiger partial charge >= 0.3 is 0 Å². The van der Waals surface area contributed by atoms with Crippen LogP contribution in [0.5, 0.6) is 17.2 Å². The summed E-state index contributed by atoms with van der Waals surface area (Å²) in [5, 5.41) is 3.01. The van der Waals surface area contributed by atoms with Crippen molar-refractivity contribution in [1.82, 2.24) is 10.0 Å². The second kappa shape index (κ2) is 11.2. The molecule has 0 fully saturated rings. The average Bonchev–Trinajstić information content (AvgIpc) is 3.13. The maximum absolute atomic E-state index is 12.8. The zero-order valence-electron chi connectivity index (χ0n) is 19.4. The van der Waals surface area contributed by atoms with Gasteiger partial charge in [0.15, 0.2) is 11.5 Å². The van der Waals surface area contributed by atoms with Gasteiger partial charge in [-0.15, -0.1) is 0 Å². The molecule has 0 radical (unpaired) electrons. The highest BCUT2D eigenvalue weighted by Crippen LogP contribution is 2.32. The molecule has 0 aliphatic carbocycles. The number of hydrogen-bond donors (Lipinski definition) is 2. The summed E-state index contributed by atoms with van der Waals surface area (Å²) in [7, 11) is -2.23. The maximum atomic E-state index is 12.8. The number of amides is 1. The molecule has 1 unspecified atom stereocenters. The van der Waals surface area contributed by atoms with Gasteiger partial charge in [-0.25, -0.2) is 13.1 Å². The molecule has 1 aliphatic rings. The third-order valence-corrected chi connectivity index (χ3v) is 7.02. The molecule has 0 aromatic heterocycles. The first-order chi connectivity index (χ1) is 17.0. The lowest BCUT2D eigenvalue weighted by molar-refractivity contribution is -0.121. The molecule has 0 saturated heterocycles. The molecule has 3 aromatic rings. The Morgan fingerprint density at radius 2 is 1.63 bits per heavy atom. The molecular formula is C26H28N2O6S. The number of hydrogen-bond acceptors (Lipinski definition) is 6. The first-order valence-electron chi connectivity index (χ1n) is 11.3. The Labute approximate surface area is 205 Å². The lowest BCUT2D eigenvalue weighted by atomic mass is 9.98. The van der Waals surface area contributed by atoms with Crippen molar-refractivity contribution in [3.05, 3.63) is 83.9 Å². The summed E-state index contributed by atoms with van der Waals surface area (Å²) in [4.78, 5) is 12.8. The van der Waals surface area contributed by atoms with Crippen molar-refractivity contribution in [3.8, 4) is 17.2 Å². The lowest BCUT2D eigenvalue weighted by Gasteiger charge is -2.20. The molecule has 1 heterocycles. The molecule has 35 heavy (non-hydrogen) atoms. The van der Waals surface area contributed by atoms with E-state index < -0.39 is 10.0 Å². The maximum Gasteiger partial charge on any atom is 0.240 e. The molecule has 3 aromatic carbocycles. The van der Waals surface area contributed by atoms with E-state index in [1.807, 2.05) is 54.6 Å². The molecule has 8 nitrogen and oxygen atoms in total. The Bertz CT molecular complexity index is 1250. The van der Waals surface area contributed by atoms with E-state index in [1.54, 1.807) is 13.2 Å². The summed E-state index contributed by atoms with van der Waals surface area (Å²) >= 11 is 0. The number of carbonyl (C=O) groups excluding carboxylic acids is 1. The Balaban J connectivity index is 1.40. The molecule has 0 bridgehead atoms. The highest BCUT2D eigenvalue weighted by molar-refractivity contribution is 7.89. The smallest absolute Gasteiger partial charge is 0.240 e. The number of rotatable bonds is 9. The molecule has 1 atom stereocenters. The number of carbonyl (C=O) groups is 1. The van der Waals surface area contributed by atoms with E-state index in [0.29, 0.717) is 24.7 Å². The number of benzene rings is 3. The molecule has 1 aliphatic heterocycles. The second-order valence-electron chi connectivity index (χ2n) is 7.99. The number of sulfonamides is 1. The highest BCUT2D eigenvalue weighted by Gasteiger charge is 2.20. The van der Waals surface area contributed by atoms with Crippen LogP contribution < -0.4 is 24.2 Å². The summed E-state index contributed by atoms with van der Waals surface area (Å²) < 4.78 is 44.4. The van der Waals surface area contributed by atoms with Crippen LogP contribution in [0, 0.1) is 0 Å². The van der Waals surface area contributed by atoms with E-state index >= 15 is 0 Å². The van der Waals surface area contributed by atoms with Gasteiger partial charge < -0.3 is 19.5 Å². The molecule has 1 amide bonds. The minimum Gasteiger partial charge on any atom is -0.497 e. The van der Waals surface area contributed by atoms with Gasteiger partial charge in [-0.05, 0) is 35.4 Å². The van der Waals surface area contributed by atoms with Crippen LogP contribution in [0.3, 0.4) is 0 Å². The van der Waals surface area contributed by atoms with Gasteiger partial charge in [0.2, 0.25) is 15.9 Å². The molecule has 0 spiro atoms. The van der Waals surface area contributed by atoms with Crippen molar-refractivity contribution in [3.63, 3.8) is 0 Å². The SMILES string of the molecule is COc1ccc(C(NC(=O)CCNS(=O)(=O)c2ccc3c(c2)OCCCO3)c2ccccc2)cc1. The standard InChI is InChI=1S/C26H28N2O6S/c1-32-21-10-8-20(9-11-21)26(19-6-3-2-4-7-19)28-25(29)14-15-27-35(30,31)22-12-13-23-24(18-22)34-17-5-16-33-23/h2-4,6-13,18,26-27H,5,14-17H2,1H3,(H,28,29). The Kier molecular flexibility index (Phi) is 7.89. The quantitative estimate of drug-likeness (QED) is 0.471. The normalized spacial score (nSPS) is 14.0. The van der Waals surface area contributed by atoms with E-state index in [0.717, 1.165) is 23.3 Å². The summed E-state index contributed by atoms with van der Waals surface area (Å²) in [6.45, 7) is 0.931. The van der Waals surface area contributed by atoms with Gasteiger partial charge in [0.1, 0.15) is 5.75 Å². The summed E-state index contributed by atoms with van der Waals surface area (Å²) in [6.07, 6.45) is 0.702. The first kappa shape index (κ1) is 24.6. The van der Waals surface area contributed by atoms with E-state index in [1.165, 1.54) is 12.1 Å². The zero-order valence-corrected chi connectivity index (χ0v) is 20.2. The largest absolute Gasteiger partial charge is 0.497 e. The fourth-order valence-electron chi connectivity index (χ4n) is 3.73. The van der Waals surface area contributed by atoms with E-state index in [4.69, 9.17) is 14.2 Å². The second-order valence-corrected chi connectivity index (χ2v) is 9.76. The van der Waals surface area contributed by atoms with Gasteiger partial charge in [0.05, 0.1) is 31.3 Å². The monoisotopic (exact) mass is 496 g/mol. The van der Waals surface area contributed by atoms with Crippen LogP contribution in [0.1, 0.15) is 30.0 Å². The Hall–Kier alpha value is -3.56. The zero-order chi connectivity index (χ0) is 24.7. The molecular weight excluding hydrogens is 468 g/mol. The van der Waals surface area contributed by atoms with E-state index in [-0.39, 0.29) is 29.8 Å². The summed E-state index contributed by atoms with van der Waals surface area (Å²) in [5.74, 6) is 1.35. The number of ether oxygens (including phenoxy) is 3. The minimum absolute atomic E-state index is 0.0245. The van der Waals surface area contributed by atoms with Gasteiger partial charge in [-0.1, -0.05) is 42.5 Å². The van der Waals surface area contributed by atoms with Crippen LogP contribution in [0.25, 0.3) is 0 Å². The van der Waals surface area contributed by atoms with Crippen molar-refractivity contribution in [2.75, 3.05) is 26.9 Å². The Morgan fingerprint density at radius 3 is 2.34 bits per heavy atom. The Morgan fingerprint density at radius 1 is 0.943 bits per heavy atom. The van der Waals surface area contributed by atoms with Crippen LogP contribution in [0.2, 0.25) is 0 Å². The first-order valence-corrected chi connectivity index (χ1v) is 12.8. The highest BCUT2D eigenvalue weighted by atomic mass is 32.2. The van der Waals surface area contributed by atoms with Crippen molar-refractivity contribution >= 4 is 15.9 Å². The molecule has 2 N–H and O–H groups in total. The number of nitrogens with one attached hydrogen (secondary N) is 2. The fraction of sp³-hybridized carbons (Fsp3) is 0.269.